The van der Waals surface area contributed by atoms with Gasteiger partial charge in [-0.3, -0.25) is 14.5 Å². The summed E-state index contributed by atoms with van der Waals surface area (Å²) in [4.78, 5) is 29.5. The van der Waals surface area contributed by atoms with Gasteiger partial charge in [0, 0.05) is 23.6 Å². The number of nitrogens with zero attached hydrogens (tertiary/aromatic N) is 2. The zero-order valence-corrected chi connectivity index (χ0v) is 12.0. The maximum absolute atomic E-state index is 12.3. The molecule has 2 amide bonds. The van der Waals surface area contributed by atoms with Gasteiger partial charge < -0.3 is 0 Å². The lowest BCUT2D eigenvalue weighted by atomic mass is 9.95. The van der Waals surface area contributed by atoms with Gasteiger partial charge in [-0.15, -0.1) is 0 Å². The predicted molar refractivity (Wildman–Crippen MR) is 70.9 cm³/mol. The number of carbonyl (C=O) groups is 2. The summed E-state index contributed by atoms with van der Waals surface area (Å²) in [5.74, 6) is 0.245. The number of halogens is 1. The fourth-order valence-corrected chi connectivity index (χ4v) is 2.47. The molecule has 1 unspecified atom stereocenters. The van der Waals surface area contributed by atoms with Gasteiger partial charge in [-0.1, -0.05) is 13.8 Å². The monoisotopic (exact) mass is 310 g/mol. The molecular weight excluding hydrogens is 296 g/mol. The number of imide groups is 1. The molecule has 1 aromatic rings. The highest BCUT2D eigenvalue weighted by Gasteiger charge is 2.36. The average Bonchev–Trinajstić information content (AvgIpc) is 2.71. The van der Waals surface area contributed by atoms with E-state index in [2.05, 4.69) is 34.8 Å². The van der Waals surface area contributed by atoms with Crippen molar-refractivity contribution in [1.82, 2.24) is 9.88 Å². The Morgan fingerprint density at radius 1 is 1.56 bits per heavy atom. The first-order valence-corrected chi connectivity index (χ1v) is 6.75. The van der Waals surface area contributed by atoms with Crippen LogP contribution in [-0.2, 0) is 4.79 Å². The number of rotatable bonds is 2. The van der Waals surface area contributed by atoms with Crippen molar-refractivity contribution in [2.45, 2.75) is 20.3 Å². The number of likely N-dealkylation sites (tertiary alicyclic amines) is 1. The van der Waals surface area contributed by atoms with Gasteiger partial charge in [0.05, 0.1) is 0 Å². The van der Waals surface area contributed by atoms with Gasteiger partial charge in [0.25, 0.3) is 5.91 Å². The van der Waals surface area contributed by atoms with Crippen molar-refractivity contribution in [2.75, 3.05) is 6.54 Å². The summed E-state index contributed by atoms with van der Waals surface area (Å²) in [7, 11) is 0. The second-order valence-electron chi connectivity index (χ2n) is 4.85. The van der Waals surface area contributed by atoms with E-state index in [0.29, 0.717) is 29.1 Å². The maximum atomic E-state index is 12.3. The molecule has 1 aliphatic heterocycles. The fraction of sp³-hybridized carbons (Fsp3) is 0.462. The van der Waals surface area contributed by atoms with E-state index in [9.17, 15) is 9.59 Å². The first-order chi connectivity index (χ1) is 8.50. The van der Waals surface area contributed by atoms with Crippen molar-refractivity contribution in [3.63, 3.8) is 0 Å². The Labute approximate surface area is 115 Å². The van der Waals surface area contributed by atoms with Crippen LogP contribution in [0.5, 0.6) is 0 Å². The molecule has 4 nitrogen and oxygen atoms in total. The van der Waals surface area contributed by atoms with Crippen molar-refractivity contribution in [3.8, 4) is 0 Å². The molecule has 96 valence electrons. The van der Waals surface area contributed by atoms with Crippen LogP contribution in [0.4, 0.5) is 0 Å². The van der Waals surface area contributed by atoms with E-state index in [-0.39, 0.29) is 17.7 Å². The molecule has 0 aromatic carbocycles. The fourth-order valence-electron chi connectivity index (χ4n) is 2.05. The standard InChI is InChI=1S/C13H15BrN2O2/c1-8(2)9-6-11(17)16(7-9)13(18)12-10(14)4-3-5-15-12/h3-5,8-9H,6-7H2,1-2H3. The Morgan fingerprint density at radius 2 is 2.28 bits per heavy atom. The molecular formula is C13H15BrN2O2. The Bertz CT molecular complexity index is 488. The second kappa shape index (κ2) is 5.18. The quantitative estimate of drug-likeness (QED) is 0.789. The number of hydrogen-bond donors (Lipinski definition) is 0. The molecule has 2 rings (SSSR count). The van der Waals surface area contributed by atoms with Crippen LogP contribution in [0.15, 0.2) is 22.8 Å². The van der Waals surface area contributed by atoms with E-state index in [4.69, 9.17) is 0 Å². The molecule has 0 spiro atoms. The molecule has 1 aliphatic rings. The van der Waals surface area contributed by atoms with Gasteiger partial charge in [-0.2, -0.15) is 0 Å². The summed E-state index contributed by atoms with van der Waals surface area (Å²) in [6.45, 7) is 4.64. The van der Waals surface area contributed by atoms with Crippen LogP contribution in [-0.4, -0.2) is 28.2 Å². The van der Waals surface area contributed by atoms with Crippen LogP contribution in [0.25, 0.3) is 0 Å². The van der Waals surface area contributed by atoms with Crippen molar-refractivity contribution in [2.24, 2.45) is 11.8 Å². The minimum absolute atomic E-state index is 0.101. The number of carbonyl (C=O) groups excluding carboxylic acids is 2. The van der Waals surface area contributed by atoms with E-state index in [0.717, 1.165) is 0 Å². The van der Waals surface area contributed by atoms with E-state index >= 15 is 0 Å². The van der Waals surface area contributed by atoms with Crippen molar-refractivity contribution in [1.29, 1.82) is 0 Å². The first-order valence-electron chi connectivity index (χ1n) is 5.96. The molecule has 18 heavy (non-hydrogen) atoms. The van der Waals surface area contributed by atoms with Gasteiger partial charge in [0.1, 0.15) is 5.69 Å². The molecule has 0 radical (unpaired) electrons. The van der Waals surface area contributed by atoms with Gasteiger partial charge in [0.2, 0.25) is 5.91 Å². The molecule has 0 saturated carbocycles. The summed E-state index contributed by atoms with van der Waals surface area (Å²) >= 11 is 3.29. The minimum atomic E-state index is -0.310. The highest BCUT2D eigenvalue weighted by molar-refractivity contribution is 9.10. The lowest BCUT2D eigenvalue weighted by Gasteiger charge is -2.16. The maximum Gasteiger partial charge on any atom is 0.280 e. The Morgan fingerprint density at radius 3 is 2.83 bits per heavy atom. The van der Waals surface area contributed by atoms with Gasteiger partial charge in [-0.05, 0) is 39.9 Å². The summed E-state index contributed by atoms with van der Waals surface area (Å²) in [6.07, 6.45) is 2.01. The number of pyridine rings is 1. The van der Waals surface area contributed by atoms with E-state index in [1.807, 2.05) is 0 Å². The zero-order chi connectivity index (χ0) is 13.3. The third-order valence-corrected chi connectivity index (χ3v) is 3.94. The molecule has 0 aliphatic carbocycles. The van der Waals surface area contributed by atoms with E-state index < -0.39 is 0 Å². The van der Waals surface area contributed by atoms with Crippen molar-refractivity contribution in [3.05, 3.63) is 28.5 Å². The van der Waals surface area contributed by atoms with Gasteiger partial charge >= 0.3 is 0 Å². The minimum Gasteiger partial charge on any atom is -0.277 e. The normalized spacial score (nSPS) is 19.7. The number of aromatic nitrogens is 1. The Kier molecular flexibility index (Phi) is 3.80. The van der Waals surface area contributed by atoms with Crippen molar-refractivity contribution >= 4 is 27.7 Å². The average molecular weight is 311 g/mol. The summed E-state index contributed by atoms with van der Waals surface area (Å²) in [5.41, 5.74) is 0.301. The highest BCUT2D eigenvalue weighted by Crippen LogP contribution is 2.27. The Balaban J connectivity index is 2.21. The third-order valence-electron chi connectivity index (χ3n) is 3.30. The Hall–Kier alpha value is -1.23. The lowest BCUT2D eigenvalue weighted by Crippen LogP contribution is -2.33. The molecule has 1 aromatic heterocycles. The number of amides is 2. The highest BCUT2D eigenvalue weighted by atomic mass is 79.9. The zero-order valence-electron chi connectivity index (χ0n) is 10.4. The smallest absolute Gasteiger partial charge is 0.277 e. The topological polar surface area (TPSA) is 50.3 Å². The second-order valence-corrected chi connectivity index (χ2v) is 5.71. The molecule has 5 heteroatoms. The third kappa shape index (κ3) is 2.46. The van der Waals surface area contributed by atoms with Crippen LogP contribution in [0.3, 0.4) is 0 Å². The molecule has 1 saturated heterocycles. The molecule has 2 heterocycles. The van der Waals surface area contributed by atoms with Gasteiger partial charge in [0.15, 0.2) is 0 Å². The first kappa shape index (κ1) is 13.2. The SMILES string of the molecule is CC(C)C1CC(=O)N(C(=O)c2ncccc2Br)C1. The largest absolute Gasteiger partial charge is 0.280 e. The number of hydrogen-bond acceptors (Lipinski definition) is 3. The van der Waals surface area contributed by atoms with E-state index in [1.54, 1.807) is 18.3 Å². The van der Waals surface area contributed by atoms with Crippen LogP contribution in [0, 0.1) is 11.8 Å². The summed E-state index contributed by atoms with van der Waals surface area (Å²) < 4.78 is 0.621. The van der Waals surface area contributed by atoms with Crippen LogP contribution < -0.4 is 0 Å². The van der Waals surface area contributed by atoms with Crippen LogP contribution >= 0.6 is 15.9 Å². The predicted octanol–water partition coefficient (Wildman–Crippen LogP) is 2.49. The van der Waals surface area contributed by atoms with Crippen LogP contribution in [0.2, 0.25) is 0 Å². The van der Waals surface area contributed by atoms with Crippen LogP contribution in [0.1, 0.15) is 30.8 Å². The summed E-state index contributed by atoms with van der Waals surface area (Å²) in [6, 6.07) is 3.49. The molecule has 0 bridgehead atoms. The van der Waals surface area contributed by atoms with Gasteiger partial charge in [-0.25, -0.2) is 4.98 Å². The summed E-state index contributed by atoms with van der Waals surface area (Å²) in [5, 5.41) is 0. The lowest BCUT2D eigenvalue weighted by molar-refractivity contribution is -0.125. The molecule has 1 atom stereocenters. The molecule has 0 N–H and O–H groups in total. The van der Waals surface area contributed by atoms with E-state index in [1.165, 1.54) is 4.90 Å². The van der Waals surface area contributed by atoms with Crippen molar-refractivity contribution < 1.29 is 9.59 Å². The molecule has 1 fully saturated rings.